The SMILES string of the molecule is Cc1nc(CCN2CCNC(c3ccccc3)C2)cs1. The lowest BCUT2D eigenvalue weighted by Gasteiger charge is -2.33. The maximum atomic E-state index is 4.55. The zero-order valence-corrected chi connectivity index (χ0v) is 12.7. The largest absolute Gasteiger partial charge is 0.308 e. The average Bonchev–Trinajstić information content (AvgIpc) is 2.92. The highest BCUT2D eigenvalue weighted by Gasteiger charge is 2.20. The van der Waals surface area contributed by atoms with E-state index in [2.05, 4.69) is 57.8 Å². The van der Waals surface area contributed by atoms with Crippen LogP contribution in [0.1, 0.15) is 22.3 Å². The molecular formula is C16H21N3S. The zero-order chi connectivity index (χ0) is 13.8. The van der Waals surface area contributed by atoms with Gasteiger partial charge in [0, 0.05) is 44.0 Å². The summed E-state index contributed by atoms with van der Waals surface area (Å²) < 4.78 is 0. The molecule has 1 N–H and O–H groups in total. The summed E-state index contributed by atoms with van der Waals surface area (Å²) in [5, 5.41) is 6.97. The van der Waals surface area contributed by atoms with Gasteiger partial charge in [0.25, 0.3) is 0 Å². The highest BCUT2D eigenvalue weighted by atomic mass is 32.1. The summed E-state index contributed by atoms with van der Waals surface area (Å²) >= 11 is 1.75. The fourth-order valence-corrected chi connectivity index (χ4v) is 3.37. The molecule has 0 radical (unpaired) electrons. The Morgan fingerprint density at radius 2 is 2.20 bits per heavy atom. The zero-order valence-electron chi connectivity index (χ0n) is 11.9. The van der Waals surface area contributed by atoms with Crippen LogP contribution in [0.2, 0.25) is 0 Å². The first kappa shape index (κ1) is 13.7. The molecule has 1 aromatic carbocycles. The number of piperazine rings is 1. The Morgan fingerprint density at radius 1 is 1.35 bits per heavy atom. The van der Waals surface area contributed by atoms with Crippen molar-refractivity contribution in [2.75, 3.05) is 26.2 Å². The first-order chi connectivity index (χ1) is 9.81. The van der Waals surface area contributed by atoms with E-state index in [9.17, 15) is 0 Å². The number of aryl methyl sites for hydroxylation is 1. The third kappa shape index (κ3) is 3.45. The van der Waals surface area contributed by atoms with Crippen molar-refractivity contribution in [1.29, 1.82) is 0 Å². The van der Waals surface area contributed by atoms with E-state index in [1.807, 2.05) is 0 Å². The van der Waals surface area contributed by atoms with Gasteiger partial charge in [-0.2, -0.15) is 0 Å². The summed E-state index contributed by atoms with van der Waals surface area (Å²) in [6.07, 6.45) is 1.06. The number of aromatic nitrogens is 1. The number of thiazole rings is 1. The van der Waals surface area contributed by atoms with Gasteiger partial charge >= 0.3 is 0 Å². The maximum absolute atomic E-state index is 4.55. The molecule has 0 bridgehead atoms. The van der Waals surface area contributed by atoms with E-state index in [1.165, 1.54) is 16.3 Å². The smallest absolute Gasteiger partial charge is 0.0897 e. The highest BCUT2D eigenvalue weighted by Crippen LogP contribution is 2.17. The quantitative estimate of drug-likeness (QED) is 0.937. The van der Waals surface area contributed by atoms with Crippen molar-refractivity contribution in [2.24, 2.45) is 0 Å². The number of hydrogen-bond acceptors (Lipinski definition) is 4. The molecule has 2 aromatic rings. The lowest BCUT2D eigenvalue weighted by Crippen LogP contribution is -2.46. The second kappa shape index (κ2) is 6.48. The number of nitrogens with one attached hydrogen (secondary N) is 1. The van der Waals surface area contributed by atoms with E-state index in [1.54, 1.807) is 11.3 Å². The molecular weight excluding hydrogens is 266 g/mol. The van der Waals surface area contributed by atoms with Crippen molar-refractivity contribution in [3.63, 3.8) is 0 Å². The number of nitrogens with zero attached hydrogens (tertiary/aromatic N) is 2. The molecule has 1 aliphatic heterocycles. The third-order valence-corrected chi connectivity index (χ3v) is 4.63. The lowest BCUT2D eigenvalue weighted by molar-refractivity contribution is 0.202. The van der Waals surface area contributed by atoms with Gasteiger partial charge in [0.15, 0.2) is 0 Å². The Hall–Kier alpha value is -1.23. The summed E-state index contributed by atoms with van der Waals surface area (Å²) in [6.45, 7) is 6.47. The van der Waals surface area contributed by atoms with Gasteiger partial charge in [0.2, 0.25) is 0 Å². The molecule has 1 aliphatic rings. The van der Waals surface area contributed by atoms with Crippen molar-refractivity contribution in [3.05, 3.63) is 52.0 Å². The Morgan fingerprint density at radius 3 is 2.95 bits per heavy atom. The first-order valence-electron chi connectivity index (χ1n) is 7.23. The van der Waals surface area contributed by atoms with Crippen LogP contribution in [-0.4, -0.2) is 36.1 Å². The third-order valence-electron chi connectivity index (χ3n) is 3.81. The minimum absolute atomic E-state index is 0.460. The number of hydrogen-bond donors (Lipinski definition) is 1. The van der Waals surface area contributed by atoms with Gasteiger partial charge < -0.3 is 5.32 Å². The van der Waals surface area contributed by atoms with E-state index in [4.69, 9.17) is 0 Å². The fourth-order valence-electron chi connectivity index (χ4n) is 2.72. The maximum Gasteiger partial charge on any atom is 0.0897 e. The van der Waals surface area contributed by atoms with Crippen molar-refractivity contribution in [1.82, 2.24) is 15.2 Å². The molecule has 1 aromatic heterocycles. The van der Waals surface area contributed by atoms with E-state index < -0.39 is 0 Å². The molecule has 3 nitrogen and oxygen atoms in total. The molecule has 1 atom stereocenters. The van der Waals surface area contributed by atoms with Gasteiger partial charge in [-0.25, -0.2) is 4.98 Å². The molecule has 0 aliphatic carbocycles. The van der Waals surface area contributed by atoms with Crippen LogP contribution in [0.5, 0.6) is 0 Å². The monoisotopic (exact) mass is 287 g/mol. The van der Waals surface area contributed by atoms with E-state index in [0.29, 0.717) is 6.04 Å². The van der Waals surface area contributed by atoms with Crippen molar-refractivity contribution in [2.45, 2.75) is 19.4 Å². The summed E-state index contributed by atoms with van der Waals surface area (Å²) in [5.41, 5.74) is 2.63. The van der Waals surface area contributed by atoms with Gasteiger partial charge in [0.1, 0.15) is 0 Å². The molecule has 0 saturated carbocycles. The molecule has 20 heavy (non-hydrogen) atoms. The standard InChI is InChI=1S/C16H21N3S/c1-13-18-15(12-20-13)7-9-19-10-8-17-16(11-19)14-5-3-2-4-6-14/h2-6,12,16-17H,7-11H2,1H3. The Balaban J connectivity index is 1.55. The minimum Gasteiger partial charge on any atom is -0.308 e. The highest BCUT2D eigenvalue weighted by molar-refractivity contribution is 7.09. The molecule has 2 heterocycles. The number of benzene rings is 1. The van der Waals surface area contributed by atoms with E-state index >= 15 is 0 Å². The van der Waals surface area contributed by atoms with Crippen molar-refractivity contribution < 1.29 is 0 Å². The van der Waals surface area contributed by atoms with Crippen LogP contribution < -0.4 is 5.32 Å². The van der Waals surface area contributed by atoms with Crippen LogP contribution in [-0.2, 0) is 6.42 Å². The van der Waals surface area contributed by atoms with Crippen LogP contribution in [0, 0.1) is 6.92 Å². The molecule has 106 valence electrons. The van der Waals surface area contributed by atoms with Gasteiger partial charge in [-0.15, -0.1) is 11.3 Å². The van der Waals surface area contributed by atoms with Crippen LogP contribution >= 0.6 is 11.3 Å². The summed E-state index contributed by atoms with van der Waals surface area (Å²) in [6, 6.07) is 11.2. The fraction of sp³-hybridized carbons (Fsp3) is 0.438. The molecule has 1 fully saturated rings. The van der Waals surface area contributed by atoms with Crippen LogP contribution in [0.15, 0.2) is 35.7 Å². The molecule has 1 saturated heterocycles. The van der Waals surface area contributed by atoms with E-state index in [0.717, 1.165) is 32.6 Å². The predicted octanol–water partition coefficient (Wildman–Crippen LogP) is 2.64. The topological polar surface area (TPSA) is 28.2 Å². The second-order valence-corrected chi connectivity index (χ2v) is 6.39. The Kier molecular flexibility index (Phi) is 4.45. The summed E-state index contributed by atoms with van der Waals surface area (Å²) in [7, 11) is 0. The van der Waals surface area contributed by atoms with Crippen LogP contribution in [0.3, 0.4) is 0 Å². The van der Waals surface area contributed by atoms with Gasteiger partial charge in [-0.1, -0.05) is 30.3 Å². The van der Waals surface area contributed by atoms with Gasteiger partial charge in [-0.05, 0) is 12.5 Å². The molecule has 1 unspecified atom stereocenters. The Bertz CT molecular complexity index is 538. The van der Waals surface area contributed by atoms with Gasteiger partial charge in [0.05, 0.1) is 10.7 Å². The van der Waals surface area contributed by atoms with Gasteiger partial charge in [-0.3, -0.25) is 4.90 Å². The number of rotatable bonds is 4. The normalized spacial score (nSPS) is 20.1. The van der Waals surface area contributed by atoms with Crippen LogP contribution in [0.4, 0.5) is 0 Å². The molecule has 3 rings (SSSR count). The average molecular weight is 287 g/mol. The predicted molar refractivity (Wildman–Crippen MR) is 84.2 cm³/mol. The van der Waals surface area contributed by atoms with Crippen LogP contribution in [0.25, 0.3) is 0 Å². The summed E-state index contributed by atoms with van der Waals surface area (Å²) in [4.78, 5) is 7.09. The summed E-state index contributed by atoms with van der Waals surface area (Å²) in [5.74, 6) is 0. The molecule has 0 amide bonds. The van der Waals surface area contributed by atoms with E-state index in [-0.39, 0.29) is 0 Å². The molecule has 0 spiro atoms. The van der Waals surface area contributed by atoms with Crippen molar-refractivity contribution >= 4 is 11.3 Å². The molecule has 4 heteroatoms. The minimum atomic E-state index is 0.460. The first-order valence-corrected chi connectivity index (χ1v) is 8.11. The lowest BCUT2D eigenvalue weighted by atomic mass is 10.0. The Labute approximate surface area is 124 Å². The van der Waals surface area contributed by atoms with Crippen molar-refractivity contribution in [3.8, 4) is 0 Å². The second-order valence-electron chi connectivity index (χ2n) is 5.33.